The number of anilines is 1. The SMILES string of the molecule is Cc1cnc(CNc2ccc(C(=O)NCCCc3ccccn3)cn2)cn1. The van der Waals surface area contributed by atoms with Crippen molar-refractivity contribution in [1.29, 1.82) is 0 Å². The number of carbonyl (C=O) groups is 1. The second-order valence-electron chi connectivity index (χ2n) is 6.12. The number of pyridine rings is 2. The number of hydrogen-bond donors (Lipinski definition) is 2. The molecule has 138 valence electrons. The van der Waals surface area contributed by atoms with Crippen molar-refractivity contribution in [2.45, 2.75) is 26.3 Å². The van der Waals surface area contributed by atoms with E-state index >= 15 is 0 Å². The highest BCUT2D eigenvalue weighted by molar-refractivity contribution is 5.94. The normalized spacial score (nSPS) is 10.4. The van der Waals surface area contributed by atoms with Gasteiger partial charge in [0.2, 0.25) is 0 Å². The second-order valence-corrected chi connectivity index (χ2v) is 6.12. The van der Waals surface area contributed by atoms with Gasteiger partial charge >= 0.3 is 0 Å². The molecule has 0 aliphatic carbocycles. The van der Waals surface area contributed by atoms with Crippen LogP contribution in [0.4, 0.5) is 5.82 Å². The highest BCUT2D eigenvalue weighted by Crippen LogP contribution is 2.07. The quantitative estimate of drug-likeness (QED) is 0.598. The monoisotopic (exact) mass is 362 g/mol. The first-order valence-corrected chi connectivity index (χ1v) is 8.86. The maximum Gasteiger partial charge on any atom is 0.252 e. The minimum atomic E-state index is -0.125. The number of rotatable bonds is 8. The fraction of sp³-hybridized carbons (Fsp3) is 0.250. The lowest BCUT2D eigenvalue weighted by atomic mass is 10.2. The predicted octanol–water partition coefficient (Wildman–Crippen LogP) is 2.55. The fourth-order valence-corrected chi connectivity index (χ4v) is 2.44. The van der Waals surface area contributed by atoms with Gasteiger partial charge in [-0.25, -0.2) is 4.98 Å². The maximum absolute atomic E-state index is 12.2. The first-order valence-electron chi connectivity index (χ1n) is 8.86. The van der Waals surface area contributed by atoms with E-state index in [-0.39, 0.29) is 5.91 Å². The molecule has 0 unspecified atom stereocenters. The Hall–Kier alpha value is -3.35. The van der Waals surface area contributed by atoms with E-state index in [2.05, 4.69) is 30.6 Å². The molecule has 0 aliphatic heterocycles. The molecule has 0 fully saturated rings. The lowest BCUT2D eigenvalue weighted by Crippen LogP contribution is -2.25. The first-order chi connectivity index (χ1) is 13.2. The molecule has 7 heteroatoms. The van der Waals surface area contributed by atoms with Crippen molar-refractivity contribution in [3.05, 3.63) is 77.8 Å². The number of carbonyl (C=O) groups excluding carboxylic acids is 1. The lowest BCUT2D eigenvalue weighted by Gasteiger charge is -2.07. The van der Waals surface area contributed by atoms with Crippen LogP contribution in [0.2, 0.25) is 0 Å². The summed E-state index contributed by atoms with van der Waals surface area (Å²) < 4.78 is 0. The van der Waals surface area contributed by atoms with Crippen molar-refractivity contribution in [3.63, 3.8) is 0 Å². The van der Waals surface area contributed by atoms with Crippen molar-refractivity contribution in [3.8, 4) is 0 Å². The number of hydrogen-bond acceptors (Lipinski definition) is 6. The maximum atomic E-state index is 12.2. The van der Waals surface area contributed by atoms with Gasteiger partial charge in [-0.3, -0.25) is 19.7 Å². The average Bonchev–Trinajstić information content (AvgIpc) is 2.72. The summed E-state index contributed by atoms with van der Waals surface area (Å²) >= 11 is 0. The molecule has 0 aromatic carbocycles. The average molecular weight is 362 g/mol. The fourth-order valence-electron chi connectivity index (χ4n) is 2.44. The third kappa shape index (κ3) is 5.85. The van der Waals surface area contributed by atoms with E-state index in [1.54, 1.807) is 36.9 Å². The summed E-state index contributed by atoms with van der Waals surface area (Å²) in [5, 5.41) is 6.07. The predicted molar refractivity (Wildman–Crippen MR) is 103 cm³/mol. The Kier molecular flexibility index (Phi) is 6.40. The molecule has 0 saturated heterocycles. The molecular formula is C20H22N6O. The molecule has 0 bridgehead atoms. The molecule has 3 rings (SSSR count). The molecule has 3 aromatic heterocycles. The molecule has 0 spiro atoms. The highest BCUT2D eigenvalue weighted by atomic mass is 16.1. The minimum Gasteiger partial charge on any atom is -0.364 e. The van der Waals surface area contributed by atoms with E-state index in [0.29, 0.717) is 24.5 Å². The van der Waals surface area contributed by atoms with Crippen LogP contribution in [0.5, 0.6) is 0 Å². The second kappa shape index (κ2) is 9.38. The molecule has 1 amide bonds. The van der Waals surface area contributed by atoms with Gasteiger partial charge in [0.1, 0.15) is 5.82 Å². The van der Waals surface area contributed by atoms with Crippen LogP contribution in [0.15, 0.2) is 55.1 Å². The van der Waals surface area contributed by atoms with Crippen LogP contribution in [0.3, 0.4) is 0 Å². The zero-order chi connectivity index (χ0) is 18.9. The van der Waals surface area contributed by atoms with Gasteiger partial charge in [-0.1, -0.05) is 6.07 Å². The smallest absolute Gasteiger partial charge is 0.252 e. The van der Waals surface area contributed by atoms with Crippen molar-refractivity contribution in [1.82, 2.24) is 25.3 Å². The first kappa shape index (κ1) is 18.4. The van der Waals surface area contributed by atoms with Crippen LogP contribution in [0.1, 0.15) is 33.9 Å². The van der Waals surface area contributed by atoms with E-state index in [1.807, 2.05) is 25.1 Å². The third-order valence-electron chi connectivity index (χ3n) is 3.93. The van der Waals surface area contributed by atoms with Crippen molar-refractivity contribution in [2.75, 3.05) is 11.9 Å². The molecule has 3 heterocycles. The standard InChI is InChI=1S/C20H22N6O/c1-15-11-24-18(13-23-15)14-26-19-8-7-16(12-25-19)20(27)22-10-4-6-17-5-2-3-9-21-17/h2-3,5,7-9,11-13H,4,6,10,14H2,1H3,(H,22,27)(H,25,26). The lowest BCUT2D eigenvalue weighted by molar-refractivity contribution is 0.0953. The number of aryl methyl sites for hydroxylation is 2. The van der Waals surface area contributed by atoms with Gasteiger partial charge in [0.05, 0.1) is 29.7 Å². The van der Waals surface area contributed by atoms with E-state index in [0.717, 1.165) is 29.9 Å². The summed E-state index contributed by atoms with van der Waals surface area (Å²) in [6.07, 6.45) is 8.48. The largest absolute Gasteiger partial charge is 0.364 e. The number of nitrogens with one attached hydrogen (secondary N) is 2. The zero-order valence-corrected chi connectivity index (χ0v) is 15.2. The molecule has 0 aliphatic rings. The van der Waals surface area contributed by atoms with Gasteiger partial charge in [-0.15, -0.1) is 0 Å². The Morgan fingerprint density at radius 2 is 1.89 bits per heavy atom. The van der Waals surface area contributed by atoms with E-state index in [1.165, 1.54) is 0 Å². The number of aromatic nitrogens is 4. The summed E-state index contributed by atoms with van der Waals surface area (Å²) in [4.78, 5) is 29.2. The van der Waals surface area contributed by atoms with E-state index < -0.39 is 0 Å². The van der Waals surface area contributed by atoms with Gasteiger partial charge < -0.3 is 10.6 Å². The number of amides is 1. The van der Waals surface area contributed by atoms with E-state index in [4.69, 9.17) is 0 Å². The summed E-state index contributed by atoms with van der Waals surface area (Å²) in [6, 6.07) is 9.38. The van der Waals surface area contributed by atoms with Gasteiger partial charge in [0.15, 0.2) is 0 Å². The molecule has 2 N–H and O–H groups in total. The summed E-state index contributed by atoms with van der Waals surface area (Å²) in [6.45, 7) is 3.02. The van der Waals surface area contributed by atoms with Crippen LogP contribution in [-0.4, -0.2) is 32.4 Å². The van der Waals surface area contributed by atoms with Crippen LogP contribution in [0, 0.1) is 6.92 Å². The molecule has 0 atom stereocenters. The van der Waals surface area contributed by atoms with Gasteiger partial charge in [-0.2, -0.15) is 0 Å². The molecule has 27 heavy (non-hydrogen) atoms. The van der Waals surface area contributed by atoms with Crippen molar-refractivity contribution in [2.24, 2.45) is 0 Å². The Bertz CT molecular complexity index is 850. The van der Waals surface area contributed by atoms with Crippen molar-refractivity contribution >= 4 is 11.7 Å². The molecular weight excluding hydrogens is 340 g/mol. The summed E-state index contributed by atoms with van der Waals surface area (Å²) in [5.74, 6) is 0.559. The Balaban J connectivity index is 1.42. The molecule has 3 aromatic rings. The Morgan fingerprint density at radius 3 is 2.59 bits per heavy atom. The highest BCUT2D eigenvalue weighted by Gasteiger charge is 2.06. The van der Waals surface area contributed by atoms with E-state index in [9.17, 15) is 4.79 Å². The van der Waals surface area contributed by atoms with Crippen LogP contribution in [-0.2, 0) is 13.0 Å². The van der Waals surface area contributed by atoms with Crippen molar-refractivity contribution < 1.29 is 4.79 Å². The van der Waals surface area contributed by atoms with Gasteiger partial charge in [-0.05, 0) is 44.0 Å². The summed E-state index contributed by atoms with van der Waals surface area (Å²) in [5.41, 5.74) is 3.28. The molecule has 7 nitrogen and oxygen atoms in total. The van der Waals surface area contributed by atoms with Crippen LogP contribution in [0.25, 0.3) is 0 Å². The topological polar surface area (TPSA) is 92.7 Å². The summed E-state index contributed by atoms with van der Waals surface area (Å²) in [7, 11) is 0. The van der Waals surface area contributed by atoms with Crippen LogP contribution < -0.4 is 10.6 Å². The van der Waals surface area contributed by atoms with Crippen LogP contribution >= 0.6 is 0 Å². The van der Waals surface area contributed by atoms with Gasteiger partial charge in [0, 0.05) is 30.8 Å². The molecule has 0 saturated carbocycles. The Morgan fingerprint density at radius 1 is 0.963 bits per heavy atom. The molecule has 0 radical (unpaired) electrons. The zero-order valence-electron chi connectivity index (χ0n) is 15.2. The Labute approximate surface area is 158 Å². The number of nitrogens with zero attached hydrogens (tertiary/aromatic N) is 4. The third-order valence-corrected chi connectivity index (χ3v) is 3.93. The minimum absolute atomic E-state index is 0.125. The van der Waals surface area contributed by atoms with Gasteiger partial charge in [0.25, 0.3) is 5.91 Å².